The molecule has 0 bridgehead atoms. The minimum atomic E-state index is -0.243. The summed E-state index contributed by atoms with van der Waals surface area (Å²) < 4.78 is 5.55. The van der Waals surface area contributed by atoms with E-state index in [2.05, 4.69) is 4.98 Å². The van der Waals surface area contributed by atoms with Gasteiger partial charge in [0.2, 0.25) is 0 Å². The third-order valence-electron chi connectivity index (χ3n) is 3.25. The molecule has 1 aromatic heterocycles. The number of aromatic nitrogens is 1. The Labute approximate surface area is 106 Å². The van der Waals surface area contributed by atoms with Crippen LogP contribution in [0.3, 0.4) is 0 Å². The maximum absolute atomic E-state index is 12.4. The molecule has 5 nitrogen and oxygen atoms in total. The van der Waals surface area contributed by atoms with Gasteiger partial charge in [-0.05, 0) is 13.3 Å². The molecule has 0 saturated carbocycles. The summed E-state index contributed by atoms with van der Waals surface area (Å²) in [5.41, 5.74) is -0.0437. The quantitative estimate of drug-likeness (QED) is 0.852. The number of hydrogen-bond donors (Lipinski definition) is 1. The zero-order valence-corrected chi connectivity index (χ0v) is 10.7. The standard InChI is InChI=1S/C13H18N2O3/c1-3-10-8-18-9(2)7-15(10)13(17)11-6-14-5-4-12(11)16/h4-6,9-10H,3,7-8H2,1-2H3,(H,14,16). The average Bonchev–Trinajstić information content (AvgIpc) is 2.38. The molecule has 1 aliphatic heterocycles. The van der Waals surface area contributed by atoms with Crippen molar-refractivity contribution in [1.82, 2.24) is 9.88 Å². The minimum absolute atomic E-state index is 0.0135. The van der Waals surface area contributed by atoms with Crippen LogP contribution in [-0.2, 0) is 4.74 Å². The second-order valence-corrected chi connectivity index (χ2v) is 4.59. The maximum Gasteiger partial charge on any atom is 0.259 e. The van der Waals surface area contributed by atoms with Gasteiger partial charge in [0.25, 0.3) is 5.91 Å². The lowest BCUT2D eigenvalue weighted by molar-refractivity contribution is -0.0444. The molecule has 0 aliphatic carbocycles. The number of hydrogen-bond acceptors (Lipinski definition) is 3. The topological polar surface area (TPSA) is 62.4 Å². The molecule has 1 saturated heterocycles. The Hall–Kier alpha value is -1.62. The number of aromatic amines is 1. The molecule has 2 unspecified atom stereocenters. The van der Waals surface area contributed by atoms with Crippen molar-refractivity contribution in [2.75, 3.05) is 13.2 Å². The first-order valence-electron chi connectivity index (χ1n) is 6.23. The van der Waals surface area contributed by atoms with Gasteiger partial charge in [0.1, 0.15) is 5.56 Å². The molecule has 1 aliphatic rings. The lowest BCUT2D eigenvalue weighted by Gasteiger charge is -2.38. The predicted octanol–water partition coefficient (Wildman–Crippen LogP) is 1.01. The van der Waals surface area contributed by atoms with Crippen LogP contribution < -0.4 is 5.43 Å². The van der Waals surface area contributed by atoms with Gasteiger partial charge in [0, 0.05) is 25.0 Å². The van der Waals surface area contributed by atoms with Crippen LogP contribution >= 0.6 is 0 Å². The normalized spacial score (nSPS) is 24.0. The van der Waals surface area contributed by atoms with Gasteiger partial charge in [-0.2, -0.15) is 0 Å². The highest BCUT2D eigenvalue weighted by molar-refractivity contribution is 5.94. The largest absolute Gasteiger partial charge is 0.375 e. The fourth-order valence-corrected chi connectivity index (χ4v) is 2.17. The molecule has 1 N–H and O–H groups in total. The second kappa shape index (κ2) is 5.35. The summed E-state index contributed by atoms with van der Waals surface area (Å²) >= 11 is 0. The van der Waals surface area contributed by atoms with Crippen molar-refractivity contribution in [3.05, 3.63) is 34.2 Å². The van der Waals surface area contributed by atoms with Crippen molar-refractivity contribution in [2.24, 2.45) is 0 Å². The number of nitrogens with one attached hydrogen (secondary N) is 1. The summed E-state index contributed by atoms with van der Waals surface area (Å²) in [7, 11) is 0. The number of rotatable bonds is 2. The van der Waals surface area contributed by atoms with E-state index in [-0.39, 0.29) is 29.0 Å². The summed E-state index contributed by atoms with van der Waals surface area (Å²) in [6.45, 7) is 5.01. The average molecular weight is 250 g/mol. The fourth-order valence-electron chi connectivity index (χ4n) is 2.17. The Balaban J connectivity index is 2.26. The van der Waals surface area contributed by atoms with Crippen LogP contribution in [-0.4, -0.2) is 41.1 Å². The Kier molecular flexibility index (Phi) is 3.81. The van der Waals surface area contributed by atoms with E-state index < -0.39 is 0 Å². The highest BCUT2D eigenvalue weighted by Crippen LogP contribution is 2.16. The van der Waals surface area contributed by atoms with Crippen molar-refractivity contribution in [3.8, 4) is 0 Å². The predicted molar refractivity (Wildman–Crippen MR) is 67.6 cm³/mol. The summed E-state index contributed by atoms with van der Waals surface area (Å²) in [6.07, 6.45) is 3.83. The highest BCUT2D eigenvalue weighted by atomic mass is 16.5. The van der Waals surface area contributed by atoms with Crippen LogP contribution in [0.5, 0.6) is 0 Å². The fraction of sp³-hybridized carbons (Fsp3) is 0.538. The Morgan fingerprint density at radius 3 is 3.06 bits per heavy atom. The monoisotopic (exact) mass is 250 g/mol. The number of ether oxygens (including phenoxy) is 1. The van der Waals surface area contributed by atoms with Gasteiger partial charge >= 0.3 is 0 Å². The molecule has 18 heavy (non-hydrogen) atoms. The first-order chi connectivity index (χ1) is 8.63. The van der Waals surface area contributed by atoms with E-state index in [1.807, 2.05) is 13.8 Å². The molecule has 98 valence electrons. The van der Waals surface area contributed by atoms with Gasteiger partial charge in [-0.3, -0.25) is 9.59 Å². The molecule has 2 heterocycles. The van der Waals surface area contributed by atoms with Crippen molar-refractivity contribution in [3.63, 3.8) is 0 Å². The molecule has 2 atom stereocenters. The Morgan fingerprint density at radius 1 is 1.61 bits per heavy atom. The maximum atomic E-state index is 12.4. The van der Waals surface area contributed by atoms with Gasteiger partial charge in [0.15, 0.2) is 5.43 Å². The number of nitrogens with zero attached hydrogens (tertiary/aromatic N) is 1. The van der Waals surface area contributed by atoms with E-state index >= 15 is 0 Å². The highest BCUT2D eigenvalue weighted by Gasteiger charge is 2.30. The molecule has 1 amide bonds. The zero-order valence-electron chi connectivity index (χ0n) is 10.7. The SMILES string of the molecule is CCC1COC(C)CN1C(=O)c1c[nH]ccc1=O. The van der Waals surface area contributed by atoms with Crippen LogP contribution in [0.1, 0.15) is 30.6 Å². The summed E-state index contributed by atoms with van der Waals surface area (Å²) in [5, 5.41) is 0. The Morgan fingerprint density at radius 2 is 2.39 bits per heavy atom. The van der Waals surface area contributed by atoms with E-state index in [0.717, 1.165) is 6.42 Å². The van der Waals surface area contributed by atoms with Crippen LogP contribution in [0.2, 0.25) is 0 Å². The van der Waals surface area contributed by atoms with Crippen LogP contribution in [0, 0.1) is 0 Å². The molecular formula is C13H18N2O3. The van der Waals surface area contributed by atoms with E-state index in [1.165, 1.54) is 18.5 Å². The van der Waals surface area contributed by atoms with E-state index in [1.54, 1.807) is 4.90 Å². The van der Waals surface area contributed by atoms with Crippen LogP contribution in [0.25, 0.3) is 0 Å². The van der Waals surface area contributed by atoms with Crippen molar-refractivity contribution < 1.29 is 9.53 Å². The summed E-state index contributed by atoms with van der Waals surface area (Å²) in [5.74, 6) is -0.209. The number of H-pyrrole nitrogens is 1. The van der Waals surface area contributed by atoms with E-state index in [0.29, 0.717) is 13.2 Å². The number of carbonyl (C=O) groups is 1. The molecular weight excluding hydrogens is 232 g/mol. The van der Waals surface area contributed by atoms with Crippen molar-refractivity contribution >= 4 is 5.91 Å². The van der Waals surface area contributed by atoms with Crippen LogP contribution in [0.15, 0.2) is 23.3 Å². The number of morpholine rings is 1. The van der Waals surface area contributed by atoms with Gasteiger partial charge in [-0.1, -0.05) is 6.92 Å². The molecule has 0 aromatic carbocycles. The molecule has 1 fully saturated rings. The van der Waals surface area contributed by atoms with Crippen molar-refractivity contribution in [1.29, 1.82) is 0 Å². The first-order valence-corrected chi connectivity index (χ1v) is 6.23. The van der Waals surface area contributed by atoms with Gasteiger partial charge in [0.05, 0.1) is 18.8 Å². The van der Waals surface area contributed by atoms with E-state index in [4.69, 9.17) is 4.74 Å². The smallest absolute Gasteiger partial charge is 0.259 e. The third-order valence-corrected chi connectivity index (χ3v) is 3.25. The lowest BCUT2D eigenvalue weighted by atomic mass is 10.1. The number of amides is 1. The summed E-state index contributed by atoms with van der Waals surface area (Å²) in [6, 6.07) is 1.42. The van der Waals surface area contributed by atoms with Gasteiger partial charge in [-0.15, -0.1) is 0 Å². The second-order valence-electron chi connectivity index (χ2n) is 4.59. The molecule has 1 aromatic rings. The summed E-state index contributed by atoms with van der Waals surface area (Å²) in [4.78, 5) is 28.6. The first kappa shape index (κ1) is 12.8. The number of carbonyl (C=O) groups excluding carboxylic acids is 1. The molecule has 5 heteroatoms. The lowest BCUT2D eigenvalue weighted by Crippen LogP contribution is -2.52. The van der Waals surface area contributed by atoms with Crippen LogP contribution in [0.4, 0.5) is 0 Å². The van der Waals surface area contributed by atoms with Crippen molar-refractivity contribution in [2.45, 2.75) is 32.4 Å². The van der Waals surface area contributed by atoms with Gasteiger partial charge < -0.3 is 14.6 Å². The Bertz CT molecular complexity index is 483. The molecule has 0 radical (unpaired) electrons. The van der Waals surface area contributed by atoms with E-state index in [9.17, 15) is 9.59 Å². The minimum Gasteiger partial charge on any atom is -0.375 e. The molecule has 2 rings (SSSR count). The molecule has 0 spiro atoms. The number of pyridine rings is 1. The zero-order chi connectivity index (χ0) is 13.1. The van der Waals surface area contributed by atoms with Gasteiger partial charge in [-0.25, -0.2) is 0 Å². The third kappa shape index (κ3) is 2.46.